The third-order valence-corrected chi connectivity index (χ3v) is 5.16. The van der Waals surface area contributed by atoms with Crippen LogP contribution in [0, 0.1) is 0 Å². The van der Waals surface area contributed by atoms with E-state index in [2.05, 4.69) is 18.0 Å². The fraction of sp³-hybridized carbons (Fsp3) is 0.619. The minimum atomic E-state index is -0.803. The average Bonchev–Trinajstić information content (AvgIpc) is 3.25. The van der Waals surface area contributed by atoms with Gasteiger partial charge in [0.05, 0.1) is 18.1 Å². The number of aliphatic hydroxyl groups is 2. The summed E-state index contributed by atoms with van der Waals surface area (Å²) in [6, 6.07) is 1.84. The second kappa shape index (κ2) is 10.0. The third kappa shape index (κ3) is 5.10. The van der Waals surface area contributed by atoms with Crippen molar-refractivity contribution in [2.24, 2.45) is 0 Å². The molecule has 3 rings (SSSR count). The molecule has 3 atom stereocenters. The van der Waals surface area contributed by atoms with Crippen LogP contribution in [0.1, 0.15) is 70.3 Å². The molecule has 2 aromatic rings. The summed E-state index contributed by atoms with van der Waals surface area (Å²) in [6.45, 7) is 1.93. The number of ether oxygens (including phenoxy) is 1. The van der Waals surface area contributed by atoms with Crippen molar-refractivity contribution >= 4 is 17.2 Å². The molecule has 154 valence electrons. The van der Waals surface area contributed by atoms with Gasteiger partial charge in [-0.15, -0.1) is 0 Å². The van der Waals surface area contributed by atoms with Crippen molar-refractivity contribution in [3.8, 4) is 0 Å². The standard InChI is InChI=1S/C21H30N2O5/c1-2-3-4-5-6-7-8-9-10-16-11-15-13-23(21(26)22-20(15)27-16)19-12-17(25)18(14-24)28-19/h9-11,13,17-19,24-25H,2-8,12,14H2,1H3/b10-9+/t17-,18+,19+/m0/s1. The van der Waals surface area contributed by atoms with Crippen LogP contribution in [-0.4, -0.2) is 38.6 Å². The normalized spacial score (nSPS) is 22.6. The van der Waals surface area contributed by atoms with Crippen LogP contribution in [0.3, 0.4) is 0 Å². The Morgan fingerprint density at radius 3 is 2.82 bits per heavy atom. The number of hydrogen-bond acceptors (Lipinski definition) is 6. The van der Waals surface area contributed by atoms with E-state index in [0.717, 1.165) is 12.8 Å². The largest absolute Gasteiger partial charge is 0.438 e. The Labute approximate surface area is 164 Å². The van der Waals surface area contributed by atoms with Gasteiger partial charge in [-0.05, 0) is 25.0 Å². The summed E-state index contributed by atoms with van der Waals surface area (Å²) >= 11 is 0. The van der Waals surface area contributed by atoms with E-state index < -0.39 is 24.1 Å². The van der Waals surface area contributed by atoms with E-state index in [0.29, 0.717) is 11.1 Å². The molecule has 2 aromatic heterocycles. The van der Waals surface area contributed by atoms with Crippen molar-refractivity contribution in [3.05, 3.63) is 34.6 Å². The highest BCUT2D eigenvalue weighted by atomic mass is 16.5. The Balaban J connectivity index is 1.61. The molecule has 28 heavy (non-hydrogen) atoms. The van der Waals surface area contributed by atoms with Gasteiger partial charge >= 0.3 is 5.69 Å². The Hall–Kier alpha value is -1.96. The molecule has 1 fully saturated rings. The molecule has 0 saturated carbocycles. The first kappa shape index (κ1) is 20.8. The summed E-state index contributed by atoms with van der Waals surface area (Å²) in [5.41, 5.74) is -0.210. The first-order valence-electron chi connectivity index (χ1n) is 10.3. The zero-order valence-electron chi connectivity index (χ0n) is 16.4. The van der Waals surface area contributed by atoms with Gasteiger partial charge in [0.15, 0.2) is 0 Å². The fourth-order valence-electron chi connectivity index (χ4n) is 3.53. The second-order valence-electron chi connectivity index (χ2n) is 7.41. The minimum absolute atomic E-state index is 0.237. The first-order chi connectivity index (χ1) is 13.6. The van der Waals surface area contributed by atoms with Crippen LogP contribution in [0.4, 0.5) is 0 Å². The number of aliphatic hydroxyl groups excluding tert-OH is 2. The number of nitrogens with zero attached hydrogens (tertiary/aromatic N) is 2. The molecule has 0 unspecified atom stereocenters. The van der Waals surface area contributed by atoms with Crippen LogP contribution in [0.25, 0.3) is 17.2 Å². The highest BCUT2D eigenvalue weighted by molar-refractivity contribution is 5.75. The number of unbranched alkanes of at least 4 members (excludes halogenated alkanes) is 6. The molecule has 0 aromatic carbocycles. The van der Waals surface area contributed by atoms with Crippen molar-refractivity contribution in [3.63, 3.8) is 0 Å². The molecule has 2 N–H and O–H groups in total. The Morgan fingerprint density at radius 1 is 1.29 bits per heavy atom. The molecular formula is C21H30N2O5. The lowest BCUT2D eigenvalue weighted by atomic mass is 10.1. The van der Waals surface area contributed by atoms with Crippen LogP contribution >= 0.6 is 0 Å². The molecule has 1 aliphatic rings. The maximum Gasteiger partial charge on any atom is 0.353 e. The maximum atomic E-state index is 12.3. The topological polar surface area (TPSA) is 97.7 Å². The second-order valence-corrected chi connectivity index (χ2v) is 7.41. The van der Waals surface area contributed by atoms with Crippen molar-refractivity contribution in [1.29, 1.82) is 0 Å². The average molecular weight is 390 g/mol. The summed E-state index contributed by atoms with van der Waals surface area (Å²) < 4.78 is 12.5. The molecular weight excluding hydrogens is 360 g/mol. The van der Waals surface area contributed by atoms with Crippen LogP contribution in [-0.2, 0) is 4.74 Å². The molecule has 1 aliphatic heterocycles. The van der Waals surface area contributed by atoms with E-state index in [4.69, 9.17) is 9.15 Å². The molecule has 3 heterocycles. The zero-order valence-corrected chi connectivity index (χ0v) is 16.4. The van der Waals surface area contributed by atoms with Crippen molar-refractivity contribution < 1.29 is 19.4 Å². The SMILES string of the molecule is CCCCCCCC/C=C/c1cc2cn([C@H]3C[C@H](O)[C@@H](CO)O3)c(=O)nc2o1. The number of allylic oxidation sites excluding steroid dienone is 1. The van der Waals surface area contributed by atoms with Crippen LogP contribution in [0.2, 0.25) is 0 Å². The predicted molar refractivity (Wildman–Crippen MR) is 107 cm³/mol. The highest BCUT2D eigenvalue weighted by Crippen LogP contribution is 2.28. The van der Waals surface area contributed by atoms with E-state index in [1.54, 1.807) is 6.20 Å². The Morgan fingerprint density at radius 2 is 2.07 bits per heavy atom. The molecule has 0 radical (unpaired) electrons. The lowest BCUT2D eigenvalue weighted by Crippen LogP contribution is -2.27. The first-order valence-corrected chi connectivity index (χ1v) is 10.3. The van der Waals surface area contributed by atoms with E-state index in [1.165, 1.54) is 36.7 Å². The van der Waals surface area contributed by atoms with Crippen LogP contribution in [0.15, 0.2) is 27.6 Å². The third-order valence-electron chi connectivity index (χ3n) is 5.16. The molecule has 0 spiro atoms. The summed E-state index contributed by atoms with van der Waals surface area (Å²) in [6.07, 6.45) is 12.3. The number of aromatic nitrogens is 2. The van der Waals surface area contributed by atoms with Gasteiger partial charge in [0.25, 0.3) is 0 Å². The molecule has 0 aliphatic carbocycles. The number of hydrogen-bond donors (Lipinski definition) is 2. The van der Waals surface area contributed by atoms with Crippen molar-refractivity contribution in [2.75, 3.05) is 6.61 Å². The van der Waals surface area contributed by atoms with Crippen LogP contribution < -0.4 is 5.69 Å². The number of fused-ring (bicyclic) bond motifs is 1. The van der Waals surface area contributed by atoms with Gasteiger partial charge in [-0.2, -0.15) is 4.98 Å². The number of furan rings is 1. The van der Waals surface area contributed by atoms with Gasteiger partial charge in [-0.25, -0.2) is 4.79 Å². The predicted octanol–water partition coefficient (Wildman–Crippen LogP) is 3.39. The van der Waals surface area contributed by atoms with Crippen molar-refractivity contribution in [1.82, 2.24) is 9.55 Å². The maximum absolute atomic E-state index is 12.3. The monoisotopic (exact) mass is 390 g/mol. The summed E-state index contributed by atoms with van der Waals surface area (Å²) in [5.74, 6) is 0.659. The Bertz CT molecular complexity index is 841. The van der Waals surface area contributed by atoms with E-state index in [9.17, 15) is 15.0 Å². The number of rotatable bonds is 10. The summed E-state index contributed by atoms with van der Waals surface area (Å²) in [5, 5.41) is 19.8. The summed E-state index contributed by atoms with van der Waals surface area (Å²) in [7, 11) is 0. The molecule has 7 nitrogen and oxygen atoms in total. The van der Waals surface area contributed by atoms with Gasteiger partial charge in [0.1, 0.15) is 18.1 Å². The van der Waals surface area contributed by atoms with Gasteiger partial charge in [0, 0.05) is 12.6 Å². The van der Waals surface area contributed by atoms with E-state index in [-0.39, 0.29) is 18.7 Å². The molecule has 7 heteroatoms. The Kier molecular flexibility index (Phi) is 7.42. The van der Waals surface area contributed by atoms with Gasteiger partial charge in [0.2, 0.25) is 5.71 Å². The van der Waals surface area contributed by atoms with E-state index >= 15 is 0 Å². The van der Waals surface area contributed by atoms with Gasteiger partial charge in [-0.1, -0.05) is 45.1 Å². The summed E-state index contributed by atoms with van der Waals surface area (Å²) in [4.78, 5) is 16.3. The smallest absolute Gasteiger partial charge is 0.353 e. The minimum Gasteiger partial charge on any atom is -0.438 e. The van der Waals surface area contributed by atoms with Crippen LogP contribution in [0.5, 0.6) is 0 Å². The zero-order chi connectivity index (χ0) is 19.9. The quantitative estimate of drug-likeness (QED) is 0.604. The van der Waals surface area contributed by atoms with Gasteiger partial charge < -0.3 is 19.4 Å². The highest BCUT2D eigenvalue weighted by Gasteiger charge is 2.35. The molecule has 0 amide bonds. The van der Waals surface area contributed by atoms with E-state index in [1.807, 2.05) is 12.1 Å². The van der Waals surface area contributed by atoms with Gasteiger partial charge in [-0.3, -0.25) is 4.57 Å². The fourth-order valence-corrected chi connectivity index (χ4v) is 3.53. The molecule has 1 saturated heterocycles. The van der Waals surface area contributed by atoms with Crippen molar-refractivity contribution in [2.45, 2.75) is 76.7 Å². The lowest BCUT2D eigenvalue weighted by molar-refractivity contribution is -0.0457. The lowest BCUT2D eigenvalue weighted by Gasteiger charge is -2.13. The molecule has 0 bridgehead atoms.